The third kappa shape index (κ3) is 5.77. The first-order chi connectivity index (χ1) is 17.1. The number of aryl methyl sites for hydroxylation is 1. The van der Waals surface area contributed by atoms with Crippen LogP contribution in [-0.4, -0.2) is 29.9 Å². The van der Waals surface area contributed by atoms with Gasteiger partial charge in [0, 0.05) is 24.0 Å². The zero-order valence-corrected chi connectivity index (χ0v) is 20.4. The quantitative estimate of drug-likeness (QED) is 0.350. The fourth-order valence-corrected chi connectivity index (χ4v) is 4.34. The Morgan fingerprint density at radius 2 is 1.75 bits per heavy atom. The number of carbonyl (C=O) groups excluding carboxylic acids is 1. The van der Waals surface area contributed by atoms with Gasteiger partial charge in [0.1, 0.15) is 11.4 Å². The minimum Gasteiger partial charge on any atom is -0.455 e. The molecule has 3 aromatic carbocycles. The third-order valence-electron chi connectivity index (χ3n) is 5.36. The first-order valence-corrected chi connectivity index (χ1v) is 12.7. The maximum atomic E-state index is 13.7. The van der Waals surface area contributed by atoms with Gasteiger partial charge in [-0.1, -0.05) is 19.1 Å². The summed E-state index contributed by atoms with van der Waals surface area (Å²) < 4.78 is 58.4. The summed E-state index contributed by atoms with van der Waals surface area (Å²) in [5.41, 5.74) is 2.35. The van der Waals surface area contributed by atoms with Crippen LogP contribution in [0, 0.1) is 18.6 Å². The molecule has 10 heteroatoms. The number of hydrogen-bond acceptors (Lipinski definition) is 5. The van der Waals surface area contributed by atoms with Crippen molar-refractivity contribution < 1.29 is 26.7 Å². The van der Waals surface area contributed by atoms with Crippen molar-refractivity contribution in [1.82, 2.24) is 9.78 Å². The van der Waals surface area contributed by atoms with Crippen LogP contribution in [0.25, 0.3) is 5.69 Å². The predicted molar refractivity (Wildman–Crippen MR) is 131 cm³/mol. The van der Waals surface area contributed by atoms with Crippen molar-refractivity contribution in [2.45, 2.75) is 25.2 Å². The number of sulfone groups is 1. The average molecular weight is 512 g/mol. The second kappa shape index (κ2) is 10.3. The number of hydrogen-bond donors (Lipinski definition) is 1. The molecule has 0 fully saturated rings. The monoisotopic (exact) mass is 511 g/mol. The molecule has 4 rings (SSSR count). The summed E-state index contributed by atoms with van der Waals surface area (Å²) in [7, 11) is -3.32. The zero-order valence-electron chi connectivity index (χ0n) is 19.5. The average Bonchev–Trinajstić information content (AvgIpc) is 3.28. The highest BCUT2D eigenvalue weighted by Gasteiger charge is 2.14. The molecule has 1 N–H and O–H groups in total. The molecule has 0 unspecified atom stereocenters. The Morgan fingerprint density at radius 1 is 1.00 bits per heavy atom. The zero-order chi connectivity index (χ0) is 25.9. The summed E-state index contributed by atoms with van der Waals surface area (Å²) in [4.78, 5) is 12.9. The highest BCUT2D eigenvalue weighted by atomic mass is 32.2. The summed E-state index contributed by atoms with van der Waals surface area (Å²) in [5.74, 6) is -2.04. The lowest BCUT2D eigenvalue weighted by Crippen LogP contribution is -2.15. The Hall–Kier alpha value is -4.05. The molecule has 0 spiro atoms. The van der Waals surface area contributed by atoms with E-state index in [0.29, 0.717) is 16.9 Å². The molecule has 1 heterocycles. The first kappa shape index (κ1) is 25.1. The number of nitrogens with zero attached hydrogens (tertiary/aromatic N) is 2. The van der Waals surface area contributed by atoms with Gasteiger partial charge in [-0.25, -0.2) is 21.9 Å². The Kier molecular flexibility index (Phi) is 7.16. The number of nitrogens with one attached hydrogen (secondary N) is 1. The van der Waals surface area contributed by atoms with Crippen LogP contribution in [0.15, 0.2) is 77.8 Å². The minimum absolute atomic E-state index is 0.00407. The van der Waals surface area contributed by atoms with Gasteiger partial charge < -0.3 is 10.1 Å². The molecule has 36 heavy (non-hydrogen) atoms. The van der Waals surface area contributed by atoms with Gasteiger partial charge in [-0.15, -0.1) is 0 Å². The van der Waals surface area contributed by atoms with E-state index < -0.39 is 21.5 Å². The normalized spacial score (nSPS) is 11.3. The van der Waals surface area contributed by atoms with E-state index in [1.165, 1.54) is 18.2 Å². The number of halogens is 2. The second-order valence-electron chi connectivity index (χ2n) is 8.03. The Morgan fingerprint density at radius 3 is 2.39 bits per heavy atom. The molecule has 0 aliphatic rings. The van der Waals surface area contributed by atoms with E-state index in [4.69, 9.17) is 4.74 Å². The van der Waals surface area contributed by atoms with Crippen molar-refractivity contribution in [3.05, 3.63) is 95.8 Å². The molecule has 0 saturated heterocycles. The van der Waals surface area contributed by atoms with Crippen molar-refractivity contribution >= 4 is 21.4 Å². The van der Waals surface area contributed by atoms with Crippen molar-refractivity contribution in [3.63, 3.8) is 0 Å². The lowest BCUT2D eigenvalue weighted by molar-refractivity contribution is -0.115. The SMILES string of the molecule is CCS(=O)(=O)c1ccc(CC(=O)Nc2ccc(-n3ccc(C)n3)c(Oc3ccc(F)c(F)c3)c2)cc1. The lowest BCUT2D eigenvalue weighted by Gasteiger charge is -2.14. The molecule has 1 amide bonds. The number of ether oxygens (including phenoxy) is 1. The molecule has 0 aliphatic carbocycles. The highest BCUT2D eigenvalue weighted by Crippen LogP contribution is 2.32. The maximum absolute atomic E-state index is 13.7. The third-order valence-corrected chi connectivity index (χ3v) is 7.11. The van der Waals surface area contributed by atoms with E-state index >= 15 is 0 Å². The largest absolute Gasteiger partial charge is 0.455 e. The fraction of sp³-hybridized carbons (Fsp3) is 0.154. The Balaban J connectivity index is 1.56. The van der Waals surface area contributed by atoms with Crippen LogP contribution in [-0.2, 0) is 21.1 Å². The van der Waals surface area contributed by atoms with Crippen LogP contribution in [0.4, 0.5) is 14.5 Å². The summed E-state index contributed by atoms with van der Waals surface area (Å²) in [6.45, 7) is 3.39. The fourth-order valence-electron chi connectivity index (χ4n) is 3.45. The predicted octanol–water partition coefficient (Wildman–Crippen LogP) is 5.23. The Bertz CT molecular complexity index is 1520. The van der Waals surface area contributed by atoms with E-state index in [0.717, 1.165) is 17.8 Å². The topological polar surface area (TPSA) is 90.3 Å². The van der Waals surface area contributed by atoms with Gasteiger partial charge in [-0.2, -0.15) is 5.10 Å². The number of benzene rings is 3. The minimum atomic E-state index is -3.32. The van der Waals surface area contributed by atoms with Gasteiger partial charge in [-0.3, -0.25) is 4.79 Å². The summed E-state index contributed by atoms with van der Waals surface area (Å²) in [6.07, 6.45) is 1.75. The van der Waals surface area contributed by atoms with E-state index in [-0.39, 0.29) is 34.5 Å². The van der Waals surface area contributed by atoms with Crippen LogP contribution in [0.5, 0.6) is 11.5 Å². The lowest BCUT2D eigenvalue weighted by atomic mass is 10.1. The second-order valence-corrected chi connectivity index (χ2v) is 10.3. The van der Waals surface area contributed by atoms with Crippen molar-refractivity contribution in [2.75, 3.05) is 11.1 Å². The van der Waals surface area contributed by atoms with Crippen LogP contribution in [0.3, 0.4) is 0 Å². The molecule has 4 aromatic rings. The van der Waals surface area contributed by atoms with E-state index in [1.807, 2.05) is 6.92 Å². The number of carbonyl (C=O) groups is 1. The standard InChI is InChI=1S/C26H23F2N3O4S/c1-3-36(33,34)21-8-4-18(5-9-21)14-26(32)29-19-6-11-24(31-13-12-17(2)30-31)25(15-19)35-20-7-10-22(27)23(28)16-20/h4-13,15-16H,3,14H2,1-2H3,(H,29,32). The van der Waals surface area contributed by atoms with Gasteiger partial charge in [0.25, 0.3) is 0 Å². The first-order valence-electron chi connectivity index (χ1n) is 11.1. The van der Waals surface area contributed by atoms with Crippen molar-refractivity contribution in [3.8, 4) is 17.2 Å². The van der Waals surface area contributed by atoms with E-state index in [9.17, 15) is 22.0 Å². The van der Waals surface area contributed by atoms with Crippen LogP contribution < -0.4 is 10.1 Å². The molecule has 0 saturated carbocycles. The van der Waals surface area contributed by atoms with Gasteiger partial charge in [0.15, 0.2) is 27.2 Å². The molecular formula is C26H23F2N3O4S. The molecular weight excluding hydrogens is 488 g/mol. The number of amides is 1. The maximum Gasteiger partial charge on any atom is 0.228 e. The van der Waals surface area contributed by atoms with Crippen LogP contribution in [0.1, 0.15) is 18.2 Å². The number of aromatic nitrogens is 2. The summed E-state index contributed by atoms with van der Waals surface area (Å²) >= 11 is 0. The highest BCUT2D eigenvalue weighted by molar-refractivity contribution is 7.91. The molecule has 0 bridgehead atoms. The van der Waals surface area contributed by atoms with E-state index in [2.05, 4.69) is 10.4 Å². The summed E-state index contributed by atoms with van der Waals surface area (Å²) in [5, 5.41) is 7.14. The van der Waals surface area contributed by atoms with Gasteiger partial charge in [0.05, 0.1) is 22.8 Å². The summed E-state index contributed by atoms with van der Waals surface area (Å²) in [6, 6.07) is 16.1. The Labute approximate surface area is 207 Å². The molecule has 0 radical (unpaired) electrons. The van der Waals surface area contributed by atoms with Gasteiger partial charge in [0.2, 0.25) is 5.91 Å². The molecule has 1 aromatic heterocycles. The molecule has 7 nitrogen and oxygen atoms in total. The molecule has 186 valence electrons. The van der Waals surface area contributed by atoms with E-state index in [1.54, 1.807) is 54.2 Å². The molecule has 0 aliphatic heterocycles. The van der Waals surface area contributed by atoms with Gasteiger partial charge in [-0.05, 0) is 55.0 Å². The van der Waals surface area contributed by atoms with Crippen molar-refractivity contribution in [1.29, 1.82) is 0 Å². The number of rotatable bonds is 8. The number of anilines is 1. The molecule has 0 atom stereocenters. The van der Waals surface area contributed by atoms with Gasteiger partial charge >= 0.3 is 0 Å². The van der Waals surface area contributed by atoms with Crippen molar-refractivity contribution in [2.24, 2.45) is 0 Å². The van der Waals surface area contributed by atoms with Crippen LogP contribution in [0.2, 0.25) is 0 Å². The van der Waals surface area contributed by atoms with Crippen LogP contribution >= 0.6 is 0 Å². The smallest absolute Gasteiger partial charge is 0.228 e.